The number of hydrogen-bond acceptors (Lipinski definition) is 3. The van der Waals surface area contributed by atoms with Crippen LogP contribution in [0.5, 0.6) is 5.75 Å². The molecule has 0 radical (unpaired) electrons. The van der Waals surface area contributed by atoms with Crippen molar-refractivity contribution in [1.82, 2.24) is 4.98 Å². The van der Waals surface area contributed by atoms with Crippen molar-refractivity contribution in [2.75, 3.05) is 0 Å². The van der Waals surface area contributed by atoms with Gasteiger partial charge >= 0.3 is 0 Å². The molecule has 0 atom stereocenters. The number of nitrogens with zero attached hydrogens (tertiary/aromatic N) is 1. The highest BCUT2D eigenvalue weighted by Gasteiger charge is 2.26. The van der Waals surface area contributed by atoms with Crippen LogP contribution >= 0.6 is 12.4 Å². The van der Waals surface area contributed by atoms with Crippen molar-refractivity contribution in [3.05, 3.63) is 65.0 Å². The lowest BCUT2D eigenvalue weighted by atomic mass is 10.1. The fourth-order valence-corrected chi connectivity index (χ4v) is 2.19. The highest BCUT2D eigenvalue weighted by atomic mass is 35.5. The van der Waals surface area contributed by atoms with Crippen molar-refractivity contribution < 1.29 is 9.90 Å². The highest BCUT2D eigenvalue weighted by Crippen LogP contribution is 2.33. The van der Waals surface area contributed by atoms with E-state index in [1.807, 2.05) is 18.2 Å². The number of allylic oxidation sites excluding steroid dienone is 1. The molecule has 1 aromatic carbocycles. The maximum Gasteiger partial charge on any atom is 0.189 e. The van der Waals surface area contributed by atoms with Gasteiger partial charge in [0.25, 0.3) is 0 Å². The minimum Gasteiger partial charge on any atom is -0.508 e. The number of phenols is 1. The number of benzene rings is 1. The van der Waals surface area contributed by atoms with E-state index in [4.69, 9.17) is 0 Å². The molecule has 1 heterocycles. The molecule has 0 bridgehead atoms. The summed E-state index contributed by atoms with van der Waals surface area (Å²) in [5.74, 6) is 0.191. The Bertz CT molecular complexity index is 650. The third-order valence-electron chi connectivity index (χ3n) is 3.10. The lowest BCUT2D eigenvalue weighted by molar-refractivity contribution is 0.104. The Hall–Kier alpha value is -2.13. The number of rotatable bonds is 1. The molecule has 0 unspecified atom stereocenters. The van der Waals surface area contributed by atoms with Crippen LogP contribution in [0.15, 0.2) is 48.3 Å². The summed E-state index contributed by atoms with van der Waals surface area (Å²) in [5.41, 5.74) is 2.98. The van der Waals surface area contributed by atoms with Crippen LogP contribution in [-0.2, 0) is 6.42 Å². The standard InChI is InChI=1S/C15H11NO2.ClH/c17-14-3-1-2-12-13(14)9-11(15(12)18)8-10-4-6-16-7-5-10;/h1-8,17H,9H2;1H. The van der Waals surface area contributed by atoms with Gasteiger partial charge < -0.3 is 5.11 Å². The van der Waals surface area contributed by atoms with Gasteiger partial charge in [-0.05, 0) is 29.8 Å². The van der Waals surface area contributed by atoms with Gasteiger partial charge in [0.1, 0.15) is 5.75 Å². The third kappa shape index (κ3) is 2.37. The summed E-state index contributed by atoms with van der Waals surface area (Å²) < 4.78 is 0. The molecule has 0 spiro atoms. The second kappa shape index (κ2) is 5.24. The van der Waals surface area contributed by atoms with Crippen LogP contribution in [0.2, 0.25) is 0 Å². The van der Waals surface area contributed by atoms with Crippen LogP contribution in [0.1, 0.15) is 21.5 Å². The Morgan fingerprint density at radius 2 is 1.89 bits per heavy atom. The van der Waals surface area contributed by atoms with E-state index >= 15 is 0 Å². The fraction of sp³-hybridized carbons (Fsp3) is 0.0667. The largest absolute Gasteiger partial charge is 0.508 e. The topological polar surface area (TPSA) is 50.2 Å². The van der Waals surface area contributed by atoms with Gasteiger partial charge in [0, 0.05) is 35.5 Å². The van der Waals surface area contributed by atoms with Crippen LogP contribution in [0.3, 0.4) is 0 Å². The number of halogens is 1. The Kier molecular flexibility index (Phi) is 3.67. The van der Waals surface area contributed by atoms with Gasteiger partial charge in [-0.2, -0.15) is 0 Å². The van der Waals surface area contributed by atoms with Crippen molar-refractivity contribution in [1.29, 1.82) is 0 Å². The van der Waals surface area contributed by atoms with Crippen LogP contribution in [0.25, 0.3) is 6.08 Å². The quantitative estimate of drug-likeness (QED) is 0.813. The van der Waals surface area contributed by atoms with E-state index in [-0.39, 0.29) is 23.9 Å². The number of carbonyl (C=O) groups excluding carboxylic acids is 1. The summed E-state index contributed by atoms with van der Waals surface area (Å²) >= 11 is 0. The highest BCUT2D eigenvalue weighted by molar-refractivity contribution is 6.16. The summed E-state index contributed by atoms with van der Waals surface area (Å²) in [4.78, 5) is 16.1. The van der Waals surface area contributed by atoms with Gasteiger partial charge in [0.15, 0.2) is 5.78 Å². The monoisotopic (exact) mass is 273 g/mol. The van der Waals surface area contributed by atoms with Gasteiger partial charge in [0.2, 0.25) is 0 Å². The first-order chi connectivity index (χ1) is 8.75. The summed E-state index contributed by atoms with van der Waals surface area (Å²) in [5, 5.41) is 9.74. The van der Waals surface area contributed by atoms with Crippen LogP contribution in [0, 0.1) is 0 Å². The number of carbonyl (C=O) groups is 1. The molecule has 3 rings (SSSR count). The maximum absolute atomic E-state index is 12.2. The normalized spacial score (nSPS) is 15.2. The van der Waals surface area contributed by atoms with Crippen LogP contribution < -0.4 is 0 Å². The van der Waals surface area contributed by atoms with E-state index in [0.717, 1.165) is 11.1 Å². The van der Waals surface area contributed by atoms with E-state index in [9.17, 15) is 9.90 Å². The first-order valence-corrected chi connectivity index (χ1v) is 5.72. The second-order valence-corrected chi connectivity index (χ2v) is 4.26. The lowest BCUT2D eigenvalue weighted by Crippen LogP contribution is -1.94. The van der Waals surface area contributed by atoms with Crippen molar-refractivity contribution >= 4 is 24.3 Å². The molecule has 3 nitrogen and oxygen atoms in total. The Balaban J connectivity index is 0.00000133. The molecule has 0 amide bonds. The minimum atomic E-state index is -0.00212. The van der Waals surface area contributed by atoms with Gasteiger partial charge in [-0.15, -0.1) is 12.4 Å². The number of aromatic nitrogens is 1. The Morgan fingerprint density at radius 1 is 1.16 bits per heavy atom. The first-order valence-electron chi connectivity index (χ1n) is 5.72. The summed E-state index contributed by atoms with van der Waals surface area (Å²) in [6, 6.07) is 8.76. The number of pyridine rings is 1. The van der Waals surface area contributed by atoms with Crippen LogP contribution in [-0.4, -0.2) is 15.9 Å². The molecular weight excluding hydrogens is 262 g/mol. The zero-order valence-electron chi connectivity index (χ0n) is 10.0. The molecule has 19 heavy (non-hydrogen) atoms. The summed E-state index contributed by atoms with van der Waals surface area (Å²) in [6.45, 7) is 0. The predicted octanol–water partition coefficient (Wildman–Crippen LogP) is 3.03. The SMILES string of the molecule is Cl.O=C1C(=Cc2ccncc2)Cc2c(O)cccc21. The molecule has 0 aliphatic heterocycles. The van der Waals surface area contributed by atoms with E-state index in [1.54, 1.807) is 30.6 Å². The molecule has 1 aliphatic carbocycles. The van der Waals surface area contributed by atoms with E-state index in [1.165, 1.54) is 0 Å². The predicted molar refractivity (Wildman–Crippen MR) is 75.6 cm³/mol. The fourth-order valence-electron chi connectivity index (χ4n) is 2.19. The van der Waals surface area contributed by atoms with Crippen molar-refractivity contribution in [3.63, 3.8) is 0 Å². The number of aromatic hydroxyl groups is 1. The molecule has 96 valence electrons. The average molecular weight is 274 g/mol. The molecule has 4 heteroatoms. The second-order valence-electron chi connectivity index (χ2n) is 4.26. The Morgan fingerprint density at radius 3 is 2.58 bits per heavy atom. The maximum atomic E-state index is 12.2. The summed E-state index contributed by atoms with van der Waals surface area (Å²) in [7, 11) is 0. The number of ketones is 1. The van der Waals surface area contributed by atoms with E-state index < -0.39 is 0 Å². The van der Waals surface area contributed by atoms with Gasteiger partial charge in [-0.1, -0.05) is 12.1 Å². The van der Waals surface area contributed by atoms with Crippen molar-refractivity contribution in [2.24, 2.45) is 0 Å². The molecular formula is C15H12ClNO2. The number of Topliss-reactive ketones (excluding diaryl/α,β-unsaturated/α-hetero) is 1. The molecule has 0 saturated heterocycles. The van der Waals surface area contributed by atoms with E-state index in [2.05, 4.69) is 4.98 Å². The molecule has 0 fully saturated rings. The van der Waals surface area contributed by atoms with Crippen molar-refractivity contribution in [3.8, 4) is 5.75 Å². The van der Waals surface area contributed by atoms with E-state index in [0.29, 0.717) is 17.6 Å². The molecule has 1 N–H and O–H groups in total. The number of phenolic OH excluding ortho intramolecular Hbond substituents is 1. The van der Waals surface area contributed by atoms with Crippen molar-refractivity contribution in [2.45, 2.75) is 6.42 Å². The lowest BCUT2D eigenvalue weighted by Gasteiger charge is -1.97. The van der Waals surface area contributed by atoms with Gasteiger partial charge in [-0.25, -0.2) is 0 Å². The van der Waals surface area contributed by atoms with Gasteiger partial charge in [0.05, 0.1) is 0 Å². The molecule has 2 aromatic rings. The summed E-state index contributed by atoms with van der Waals surface area (Å²) in [6.07, 6.45) is 5.72. The average Bonchev–Trinajstić information content (AvgIpc) is 2.70. The smallest absolute Gasteiger partial charge is 0.189 e. The number of fused-ring (bicyclic) bond motifs is 1. The minimum absolute atomic E-state index is 0. The zero-order chi connectivity index (χ0) is 12.5. The van der Waals surface area contributed by atoms with Gasteiger partial charge in [-0.3, -0.25) is 9.78 Å². The molecule has 1 aliphatic rings. The molecule has 0 saturated carbocycles. The zero-order valence-corrected chi connectivity index (χ0v) is 10.9. The number of hydrogen-bond donors (Lipinski definition) is 1. The Labute approximate surface area is 117 Å². The molecule has 1 aromatic heterocycles. The first kappa shape index (κ1) is 13.3. The third-order valence-corrected chi connectivity index (χ3v) is 3.10. The van der Waals surface area contributed by atoms with Crippen LogP contribution in [0.4, 0.5) is 0 Å².